The molecule has 7 N–H and O–H groups in total. The van der Waals surface area contributed by atoms with Crippen LogP contribution >= 0.6 is 0 Å². The van der Waals surface area contributed by atoms with Crippen molar-refractivity contribution in [3.05, 3.63) is 130 Å². The molecule has 3 heterocycles. The molecule has 2 unspecified atom stereocenters. The molecule has 0 saturated heterocycles. The highest BCUT2D eigenvalue weighted by Gasteiger charge is 2.25. The first kappa shape index (κ1) is 40.3. The van der Waals surface area contributed by atoms with E-state index in [4.69, 9.17) is 32.6 Å². The predicted molar refractivity (Wildman–Crippen MR) is 213 cm³/mol. The van der Waals surface area contributed by atoms with Gasteiger partial charge in [0.05, 0.1) is 30.4 Å². The van der Waals surface area contributed by atoms with Gasteiger partial charge in [0.2, 0.25) is 0 Å². The van der Waals surface area contributed by atoms with Crippen LogP contribution in [0.1, 0.15) is 88.1 Å². The summed E-state index contributed by atoms with van der Waals surface area (Å²) in [7, 11) is 1.67. The Labute approximate surface area is 317 Å². The number of methoxy groups -OCH3 is 1. The standard InChI is InChI=1S/C20H19N5.C13H14N2O.C8H11N3O.CH4/c1-13-2-5-17(10-18(13)22)20-24-23-19-11-16(8-9-25(19)20)15-6-3-14(12-21)4-7-15;1-16-13-8-12(6-7-15-13)11-4-2-10(9-14)3-5-11;1-5-2-3-6(4-7(5)9)8(12)11-10;/h2-7,10,16H,8-9,11,22H2,1H3;2-5,12H,6-8H2,1H3;2-4H,9-10H2,1H3,(H,11,12);1H4. The average molecular weight is 725 g/mol. The highest BCUT2D eigenvalue weighted by molar-refractivity contribution is 5.94. The fourth-order valence-electron chi connectivity index (χ4n) is 6.29. The molecule has 2 aliphatic heterocycles. The van der Waals surface area contributed by atoms with Crippen LogP contribution in [0, 0.1) is 36.5 Å². The number of aromatic nitrogens is 3. The van der Waals surface area contributed by atoms with Crippen molar-refractivity contribution in [2.45, 2.75) is 65.3 Å². The summed E-state index contributed by atoms with van der Waals surface area (Å²) in [6.07, 6.45) is 3.81. The summed E-state index contributed by atoms with van der Waals surface area (Å²) in [4.78, 5) is 15.3. The summed E-state index contributed by atoms with van der Waals surface area (Å²) in [5.41, 5.74) is 22.5. The number of aryl methyl sites for hydroxylation is 2. The van der Waals surface area contributed by atoms with E-state index in [1.165, 1.54) is 11.1 Å². The first-order chi connectivity index (χ1) is 25.6. The van der Waals surface area contributed by atoms with Crippen LogP contribution < -0.4 is 22.7 Å². The Kier molecular flexibility index (Phi) is 14.0. The topological polar surface area (TPSA) is 207 Å². The number of nitrogens with zero attached hydrogens (tertiary/aromatic N) is 6. The number of hydrogen-bond acceptors (Lipinski definition) is 10. The van der Waals surface area contributed by atoms with Gasteiger partial charge in [-0.1, -0.05) is 49.9 Å². The van der Waals surface area contributed by atoms with E-state index in [9.17, 15) is 4.79 Å². The van der Waals surface area contributed by atoms with Crippen LogP contribution in [-0.4, -0.2) is 40.2 Å². The maximum absolute atomic E-state index is 11.0. The summed E-state index contributed by atoms with van der Waals surface area (Å²) in [6, 6.07) is 31.1. The van der Waals surface area contributed by atoms with E-state index < -0.39 is 0 Å². The molecule has 12 heteroatoms. The van der Waals surface area contributed by atoms with Gasteiger partial charge in [-0.3, -0.25) is 15.2 Å². The molecule has 1 amide bonds. The minimum Gasteiger partial charge on any atom is -0.484 e. The van der Waals surface area contributed by atoms with E-state index in [-0.39, 0.29) is 13.3 Å². The second-order valence-corrected chi connectivity index (χ2v) is 13.0. The van der Waals surface area contributed by atoms with Gasteiger partial charge in [0, 0.05) is 48.4 Å². The first-order valence-electron chi connectivity index (χ1n) is 17.4. The molecule has 0 bridgehead atoms. The van der Waals surface area contributed by atoms with Crippen LogP contribution in [0.25, 0.3) is 11.4 Å². The van der Waals surface area contributed by atoms with Crippen molar-refractivity contribution in [3.8, 4) is 23.5 Å². The van der Waals surface area contributed by atoms with Gasteiger partial charge in [-0.2, -0.15) is 10.5 Å². The molecule has 1 aromatic heterocycles. The van der Waals surface area contributed by atoms with Gasteiger partial charge in [-0.25, -0.2) is 5.84 Å². The third-order valence-corrected chi connectivity index (χ3v) is 9.61. The van der Waals surface area contributed by atoms with E-state index in [1.54, 1.807) is 25.3 Å². The fourth-order valence-corrected chi connectivity index (χ4v) is 6.29. The number of hydrazine groups is 1. The zero-order chi connectivity index (χ0) is 37.9. The minimum absolute atomic E-state index is 0. The number of benzene rings is 4. The molecule has 2 atom stereocenters. The zero-order valence-electron chi connectivity index (χ0n) is 30.2. The molecule has 12 nitrogen and oxygen atoms in total. The van der Waals surface area contributed by atoms with Crippen LogP contribution in [0.15, 0.2) is 89.9 Å². The number of rotatable bonds is 4. The number of carbonyl (C=O) groups excluding carboxylic acids is 1. The highest BCUT2D eigenvalue weighted by atomic mass is 16.5. The third-order valence-electron chi connectivity index (χ3n) is 9.61. The zero-order valence-corrected chi connectivity index (χ0v) is 30.2. The number of nitrogens with two attached hydrogens (primary N) is 3. The highest BCUT2D eigenvalue weighted by Crippen LogP contribution is 2.32. The van der Waals surface area contributed by atoms with Gasteiger partial charge in [-0.15, -0.1) is 10.2 Å². The number of aliphatic imine (C=N–C) groups is 1. The summed E-state index contributed by atoms with van der Waals surface area (Å²) in [5.74, 6) is 8.24. The van der Waals surface area contributed by atoms with Crippen molar-refractivity contribution in [2.75, 3.05) is 25.1 Å². The van der Waals surface area contributed by atoms with Crippen LogP contribution in [0.2, 0.25) is 0 Å². The second-order valence-electron chi connectivity index (χ2n) is 13.0. The second kappa shape index (κ2) is 18.8. The molecule has 2 aliphatic rings. The number of amides is 1. The lowest BCUT2D eigenvalue weighted by molar-refractivity contribution is 0.0953. The van der Waals surface area contributed by atoms with Crippen LogP contribution in [0.3, 0.4) is 0 Å². The van der Waals surface area contributed by atoms with Gasteiger partial charge in [0.15, 0.2) is 11.7 Å². The van der Waals surface area contributed by atoms with Crippen molar-refractivity contribution >= 4 is 23.2 Å². The Morgan fingerprint density at radius 2 is 1.39 bits per heavy atom. The lowest BCUT2D eigenvalue weighted by Crippen LogP contribution is -2.30. The van der Waals surface area contributed by atoms with Crippen molar-refractivity contribution in [2.24, 2.45) is 10.8 Å². The summed E-state index contributed by atoms with van der Waals surface area (Å²) < 4.78 is 7.38. The number of fused-ring (bicyclic) bond motifs is 1. The molecule has 0 radical (unpaired) electrons. The van der Waals surface area contributed by atoms with E-state index >= 15 is 0 Å². The smallest absolute Gasteiger partial charge is 0.265 e. The van der Waals surface area contributed by atoms with E-state index in [0.29, 0.717) is 34.2 Å². The summed E-state index contributed by atoms with van der Waals surface area (Å²) in [5, 5.41) is 26.5. The number of anilines is 2. The molecule has 5 aromatic rings. The molecule has 7 rings (SSSR count). The van der Waals surface area contributed by atoms with Crippen molar-refractivity contribution in [3.63, 3.8) is 0 Å². The lowest BCUT2D eigenvalue weighted by atomic mass is 9.89. The fraction of sp³-hybridized carbons (Fsp3) is 0.286. The molecule has 278 valence electrons. The monoisotopic (exact) mass is 724 g/mol. The quantitative estimate of drug-likeness (QED) is 0.0669. The number of carbonyl (C=O) groups is 1. The SMILES string of the molecule is C.COC1=NCCC(c2ccc(C#N)cc2)C1.Cc1ccc(-c2nnc3n2CCC(c2ccc(C#N)cc2)C3)cc1N.Cc1ccc(C(=O)NN)cc1N. The minimum atomic E-state index is -0.332. The lowest BCUT2D eigenvalue weighted by Gasteiger charge is -2.24. The summed E-state index contributed by atoms with van der Waals surface area (Å²) >= 11 is 0. The number of nitriles is 2. The van der Waals surface area contributed by atoms with Crippen LogP contribution in [0.4, 0.5) is 11.4 Å². The number of ether oxygens (including phenoxy) is 1. The summed E-state index contributed by atoms with van der Waals surface area (Å²) in [6.45, 7) is 5.59. The molecule has 0 saturated carbocycles. The van der Waals surface area contributed by atoms with Gasteiger partial charge in [0.25, 0.3) is 5.91 Å². The van der Waals surface area contributed by atoms with Crippen LogP contribution in [0.5, 0.6) is 0 Å². The molecule has 54 heavy (non-hydrogen) atoms. The van der Waals surface area contributed by atoms with Gasteiger partial charge < -0.3 is 20.8 Å². The van der Waals surface area contributed by atoms with Gasteiger partial charge in [-0.05, 0) is 103 Å². The van der Waals surface area contributed by atoms with E-state index in [2.05, 4.69) is 50.1 Å². The average Bonchev–Trinajstić information content (AvgIpc) is 3.64. The van der Waals surface area contributed by atoms with E-state index in [1.807, 2.05) is 67.8 Å². The van der Waals surface area contributed by atoms with E-state index in [0.717, 1.165) is 78.7 Å². The number of hydrogen-bond donors (Lipinski definition) is 4. The molecular weight excluding hydrogens is 677 g/mol. The Balaban J connectivity index is 0.000000194. The number of nitrogens with one attached hydrogen (secondary N) is 1. The van der Waals surface area contributed by atoms with Crippen LogP contribution in [-0.2, 0) is 17.7 Å². The molecule has 0 fully saturated rings. The Bertz CT molecular complexity index is 2160. The normalized spacial score (nSPS) is 15.5. The van der Waals surface area contributed by atoms with Gasteiger partial charge >= 0.3 is 0 Å². The van der Waals surface area contributed by atoms with Crippen molar-refractivity contribution in [1.82, 2.24) is 20.2 Å². The predicted octanol–water partition coefficient (Wildman–Crippen LogP) is 6.73. The largest absolute Gasteiger partial charge is 0.484 e. The Morgan fingerprint density at radius 1 is 0.815 bits per heavy atom. The third kappa shape index (κ3) is 9.88. The molecular formula is C42H48N10O2. The first-order valence-corrected chi connectivity index (χ1v) is 17.4. The van der Waals surface area contributed by atoms with Gasteiger partial charge in [0.1, 0.15) is 5.82 Å². The Morgan fingerprint density at radius 3 is 1.93 bits per heavy atom. The molecule has 0 spiro atoms. The maximum atomic E-state index is 11.0. The van der Waals surface area contributed by atoms with Crippen molar-refractivity contribution < 1.29 is 9.53 Å². The van der Waals surface area contributed by atoms with Crippen molar-refractivity contribution in [1.29, 1.82) is 10.5 Å². The Hall–Kier alpha value is -6.50. The molecule has 4 aromatic carbocycles. The number of nitrogen functional groups attached to an aromatic ring is 3. The maximum Gasteiger partial charge on any atom is 0.265 e. The molecule has 0 aliphatic carbocycles.